The number of rotatable bonds is 8. The third kappa shape index (κ3) is 8.07. The summed E-state index contributed by atoms with van der Waals surface area (Å²) in [6.45, 7) is 4.58. The lowest BCUT2D eigenvalue weighted by Crippen LogP contribution is -2.52. The van der Waals surface area contributed by atoms with Gasteiger partial charge in [-0.3, -0.25) is 10.1 Å². The van der Waals surface area contributed by atoms with Gasteiger partial charge in [0.25, 0.3) is 5.69 Å². The van der Waals surface area contributed by atoms with Crippen molar-refractivity contribution in [3.05, 3.63) is 70.3 Å². The fourth-order valence-corrected chi connectivity index (χ4v) is 3.63. The van der Waals surface area contributed by atoms with Crippen LogP contribution in [0.2, 0.25) is 0 Å². The van der Waals surface area contributed by atoms with Crippen LogP contribution in [0.4, 0.5) is 15.3 Å². The number of carbonyl (C=O) groups excluding carboxylic acids is 3. The molecule has 0 heterocycles. The van der Waals surface area contributed by atoms with Crippen molar-refractivity contribution < 1.29 is 33.5 Å². The molecule has 0 aliphatic carbocycles. The van der Waals surface area contributed by atoms with Gasteiger partial charge in [-0.2, -0.15) is 4.90 Å². The Kier molecular flexibility index (Phi) is 9.43. The maximum atomic E-state index is 13.0. The molecule has 0 bridgehead atoms. The van der Waals surface area contributed by atoms with E-state index in [9.17, 15) is 24.5 Å². The molecule has 182 valence electrons. The van der Waals surface area contributed by atoms with Crippen molar-refractivity contribution in [2.75, 3.05) is 12.9 Å². The zero-order valence-corrected chi connectivity index (χ0v) is 20.1. The molecule has 0 spiro atoms. The molecule has 10 nitrogen and oxygen atoms in total. The topological polar surface area (TPSA) is 125 Å². The van der Waals surface area contributed by atoms with Crippen LogP contribution >= 0.6 is 11.8 Å². The number of amides is 2. The van der Waals surface area contributed by atoms with Gasteiger partial charge >= 0.3 is 18.2 Å². The van der Waals surface area contributed by atoms with E-state index in [0.29, 0.717) is 10.5 Å². The average molecular weight is 491 g/mol. The minimum atomic E-state index is -1.32. The number of imide groups is 1. The van der Waals surface area contributed by atoms with Crippen LogP contribution in [-0.4, -0.2) is 52.5 Å². The molecular weight excluding hydrogens is 464 g/mol. The minimum absolute atomic E-state index is 0.00254. The Morgan fingerprint density at radius 2 is 1.65 bits per heavy atom. The second-order valence-electron chi connectivity index (χ2n) is 7.99. The SMILES string of the molecule is COC(=O)[C@H](CSc1ccccc1)N(C(=O)OCc1ccc([N+](=O)[O-])cc1)C(=O)OC(C)(C)C. The number of nitro benzene ring substituents is 1. The summed E-state index contributed by atoms with van der Waals surface area (Å²) in [4.78, 5) is 50.1. The van der Waals surface area contributed by atoms with Crippen LogP contribution in [0.1, 0.15) is 26.3 Å². The van der Waals surface area contributed by atoms with Crippen LogP contribution in [0.3, 0.4) is 0 Å². The molecule has 1 atom stereocenters. The third-order valence-corrected chi connectivity index (χ3v) is 5.32. The molecule has 2 aromatic carbocycles. The van der Waals surface area contributed by atoms with Gasteiger partial charge < -0.3 is 14.2 Å². The van der Waals surface area contributed by atoms with Gasteiger partial charge in [0.15, 0.2) is 6.04 Å². The molecule has 34 heavy (non-hydrogen) atoms. The first-order valence-corrected chi connectivity index (χ1v) is 11.2. The summed E-state index contributed by atoms with van der Waals surface area (Å²) in [5, 5.41) is 10.8. The summed E-state index contributed by atoms with van der Waals surface area (Å²) in [5.41, 5.74) is -0.605. The predicted molar refractivity (Wildman–Crippen MR) is 124 cm³/mol. The smallest absolute Gasteiger partial charge is 0.420 e. The Morgan fingerprint density at radius 1 is 1.03 bits per heavy atom. The predicted octanol–water partition coefficient (Wildman–Crippen LogP) is 4.80. The number of esters is 1. The standard InChI is InChI=1S/C23H26N2O8S/c1-23(2,3)33-22(28)24(19(20(26)31-4)15-34-18-8-6-5-7-9-18)21(27)32-14-16-10-12-17(13-11-16)25(29)30/h5-13,19H,14-15H2,1-4H3/t19-/m0/s1. The quantitative estimate of drug-likeness (QED) is 0.169. The highest BCUT2D eigenvalue weighted by atomic mass is 32.2. The molecule has 0 radical (unpaired) electrons. The molecule has 0 fully saturated rings. The number of nitro groups is 1. The van der Waals surface area contributed by atoms with Crippen LogP contribution in [0.15, 0.2) is 59.5 Å². The summed E-state index contributed by atoms with van der Waals surface area (Å²) >= 11 is 1.25. The van der Waals surface area contributed by atoms with E-state index in [-0.39, 0.29) is 18.0 Å². The molecule has 0 aliphatic rings. The Labute approximate surface area is 201 Å². The monoisotopic (exact) mass is 490 g/mol. The summed E-state index contributed by atoms with van der Waals surface area (Å²) in [7, 11) is 1.15. The maximum absolute atomic E-state index is 13.0. The van der Waals surface area contributed by atoms with Crippen molar-refractivity contribution in [2.24, 2.45) is 0 Å². The fraction of sp³-hybridized carbons (Fsp3) is 0.348. The van der Waals surface area contributed by atoms with Gasteiger partial charge in [-0.15, -0.1) is 11.8 Å². The minimum Gasteiger partial charge on any atom is -0.467 e. The molecule has 0 saturated carbocycles. The normalized spacial score (nSPS) is 11.8. The summed E-state index contributed by atoms with van der Waals surface area (Å²) < 4.78 is 15.4. The Bertz CT molecular complexity index is 1010. The van der Waals surface area contributed by atoms with Crippen molar-refractivity contribution in [2.45, 2.75) is 43.9 Å². The number of carbonyl (C=O) groups is 3. The highest BCUT2D eigenvalue weighted by Gasteiger charge is 2.39. The molecule has 11 heteroatoms. The number of hydrogen-bond acceptors (Lipinski definition) is 9. The zero-order valence-electron chi connectivity index (χ0n) is 19.3. The van der Waals surface area contributed by atoms with Gasteiger partial charge in [0.2, 0.25) is 0 Å². The second-order valence-corrected chi connectivity index (χ2v) is 9.08. The molecule has 2 aromatic rings. The van der Waals surface area contributed by atoms with Gasteiger partial charge in [0.1, 0.15) is 12.2 Å². The Morgan fingerprint density at radius 3 is 2.18 bits per heavy atom. The van der Waals surface area contributed by atoms with E-state index in [4.69, 9.17) is 14.2 Å². The molecule has 0 unspecified atom stereocenters. The molecule has 0 aromatic heterocycles. The van der Waals surface area contributed by atoms with Crippen molar-refractivity contribution in [1.29, 1.82) is 0 Å². The van der Waals surface area contributed by atoms with Crippen molar-refractivity contribution >= 4 is 35.6 Å². The number of benzene rings is 2. The van der Waals surface area contributed by atoms with Crippen LogP contribution in [0.5, 0.6) is 0 Å². The van der Waals surface area contributed by atoms with E-state index < -0.39 is 34.7 Å². The van der Waals surface area contributed by atoms with E-state index in [1.54, 1.807) is 20.8 Å². The van der Waals surface area contributed by atoms with E-state index in [1.165, 1.54) is 36.0 Å². The molecule has 0 saturated heterocycles. The lowest BCUT2D eigenvalue weighted by atomic mass is 10.2. The number of non-ortho nitro benzene ring substituents is 1. The second kappa shape index (κ2) is 12.0. The summed E-state index contributed by atoms with van der Waals surface area (Å²) in [5.74, 6) is -0.815. The van der Waals surface area contributed by atoms with Gasteiger partial charge in [-0.05, 0) is 50.6 Å². The molecule has 2 amide bonds. The lowest BCUT2D eigenvalue weighted by Gasteiger charge is -2.30. The van der Waals surface area contributed by atoms with Crippen LogP contribution in [-0.2, 0) is 25.6 Å². The molecule has 2 rings (SSSR count). The van der Waals surface area contributed by atoms with E-state index in [2.05, 4.69) is 0 Å². The van der Waals surface area contributed by atoms with Gasteiger partial charge in [0.05, 0.1) is 12.0 Å². The van der Waals surface area contributed by atoms with Crippen molar-refractivity contribution in [3.8, 4) is 0 Å². The summed E-state index contributed by atoms with van der Waals surface area (Å²) in [6, 6.07) is 13.2. The first-order valence-electron chi connectivity index (χ1n) is 10.2. The molecular formula is C23H26N2O8S. The third-order valence-electron chi connectivity index (χ3n) is 4.23. The number of hydrogen-bond donors (Lipinski definition) is 0. The summed E-state index contributed by atoms with van der Waals surface area (Å²) in [6.07, 6.45) is -2.18. The van der Waals surface area contributed by atoms with Crippen molar-refractivity contribution in [3.63, 3.8) is 0 Å². The Hall–Kier alpha value is -3.60. The van der Waals surface area contributed by atoms with Gasteiger partial charge in [0, 0.05) is 22.8 Å². The number of ether oxygens (including phenoxy) is 3. The average Bonchev–Trinajstić information content (AvgIpc) is 2.79. The number of methoxy groups -OCH3 is 1. The van der Waals surface area contributed by atoms with E-state index >= 15 is 0 Å². The van der Waals surface area contributed by atoms with Gasteiger partial charge in [-0.25, -0.2) is 14.4 Å². The molecule has 0 aliphatic heterocycles. The highest BCUT2D eigenvalue weighted by Crippen LogP contribution is 2.23. The van der Waals surface area contributed by atoms with Crippen LogP contribution in [0.25, 0.3) is 0 Å². The zero-order chi connectivity index (χ0) is 25.3. The number of nitrogens with zero attached hydrogens (tertiary/aromatic N) is 2. The lowest BCUT2D eigenvalue weighted by molar-refractivity contribution is -0.384. The first-order chi connectivity index (χ1) is 16.0. The Balaban J connectivity index is 2.25. The maximum Gasteiger partial charge on any atom is 0.420 e. The van der Waals surface area contributed by atoms with Crippen LogP contribution in [0, 0.1) is 10.1 Å². The van der Waals surface area contributed by atoms with E-state index in [1.807, 2.05) is 30.3 Å². The fourth-order valence-electron chi connectivity index (χ4n) is 2.64. The molecule has 0 N–H and O–H groups in total. The number of thioether (sulfide) groups is 1. The van der Waals surface area contributed by atoms with E-state index in [0.717, 1.165) is 12.0 Å². The van der Waals surface area contributed by atoms with Crippen molar-refractivity contribution in [1.82, 2.24) is 4.90 Å². The highest BCUT2D eigenvalue weighted by molar-refractivity contribution is 7.99. The van der Waals surface area contributed by atoms with Gasteiger partial charge in [-0.1, -0.05) is 18.2 Å². The first kappa shape index (κ1) is 26.7. The largest absolute Gasteiger partial charge is 0.467 e. The van der Waals surface area contributed by atoms with Crippen LogP contribution < -0.4 is 0 Å².